The van der Waals surface area contributed by atoms with Crippen molar-refractivity contribution in [1.29, 1.82) is 5.26 Å². The second-order valence-corrected chi connectivity index (χ2v) is 8.70. The summed E-state index contributed by atoms with van der Waals surface area (Å²) >= 11 is 0. The fraction of sp³-hybridized carbons (Fsp3) is 0.250. The summed E-state index contributed by atoms with van der Waals surface area (Å²) in [5.41, 5.74) is -2.46. The Bertz CT molecular complexity index is 1130. The largest absolute Gasteiger partial charge is 0.416 e. The molecule has 0 unspecified atom stereocenters. The van der Waals surface area contributed by atoms with Crippen molar-refractivity contribution in [2.75, 3.05) is 12.3 Å². The number of nitrogens with one attached hydrogen (secondary N) is 2. The first-order chi connectivity index (χ1) is 14.9. The van der Waals surface area contributed by atoms with Crippen molar-refractivity contribution in [3.8, 4) is 6.07 Å². The molecule has 0 heterocycles. The number of carbonyl (C=O) groups is 2. The normalized spacial score (nSPS) is 12.5. The molecule has 0 aliphatic rings. The molecule has 0 spiro atoms. The fourth-order valence-corrected chi connectivity index (χ4v) is 4.36. The maximum absolute atomic E-state index is 14.1. The van der Waals surface area contributed by atoms with Gasteiger partial charge in [-0.15, -0.1) is 0 Å². The Labute approximate surface area is 181 Å². The van der Waals surface area contributed by atoms with Crippen molar-refractivity contribution in [2.24, 2.45) is 0 Å². The van der Waals surface area contributed by atoms with E-state index in [0.29, 0.717) is 12.1 Å². The van der Waals surface area contributed by atoms with E-state index in [2.05, 4.69) is 10.6 Å². The third-order valence-electron chi connectivity index (χ3n) is 4.21. The number of nitriles is 1. The molecule has 2 aromatic rings. The molecule has 0 aliphatic heterocycles. The van der Waals surface area contributed by atoms with Crippen molar-refractivity contribution in [2.45, 2.75) is 18.0 Å². The highest BCUT2D eigenvalue weighted by Crippen LogP contribution is 2.34. The molecular formula is C20H17F4N3O4S. The molecule has 0 aromatic heterocycles. The average molecular weight is 471 g/mol. The van der Waals surface area contributed by atoms with E-state index in [-0.39, 0.29) is 5.56 Å². The van der Waals surface area contributed by atoms with Crippen LogP contribution in [0.25, 0.3) is 0 Å². The van der Waals surface area contributed by atoms with Gasteiger partial charge in [-0.25, -0.2) is 12.8 Å². The smallest absolute Gasteiger partial charge is 0.341 e. The molecular weight excluding hydrogens is 454 g/mol. The molecule has 0 saturated carbocycles. The van der Waals surface area contributed by atoms with Gasteiger partial charge in [0.25, 0.3) is 5.91 Å². The molecule has 7 nitrogen and oxygen atoms in total. The van der Waals surface area contributed by atoms with E-state index in [1.165, 1.54) is 24.3 Å². The lowest BCUT2D eigenvalue weighted by Gasteiger charge is -2.19. The zero-order valence-corrected chi connectivity index (χ0v) is 17.1. The molecule has 1 atom stereocenters. The first kappa shape index (κ1) is 24.8. The van der Waals surface area contributed by atoms with Crippen LogP contribution >= 0.6 is 0 Å². The fourth-order valence-electron chi connectivity index (χ4n) is 2.77. The number of benzene rings is 2. The van der Waals surface area contributed by atoms with E-state index >= 15 is 0 Å². The van der Waals surface area contributed by atoms with E-state index in [1.807, 2.05) is 0 Å². The first-order valence-corrected chi connectivity index (χ1v) is 10.8. The Hall–Kier alpha value is -3.46. The number of halogens is 4. The Morgan fingerprint density at radius 2 is 1.72 bits per heavy atom. The highest BCUT2D eigenvalue weighted by atomic mass is 32.2. The van der Waals surface area contributed by atoms with Gasteiger partial charge in [-0.2, -0.15) is 18.4 Å². The molecule has 2 aromatic carbocycles. The van der Waals surface area contributed by atoms with Gasteiger partial charge < -0.3 is 10.6 Å². The zero-order chi connectivity index (χ0) is 23.9. The summed E-state index contributed by atoms with van der Waals surface area (Å²) in [6, 6.07) is 9.34. The summed E-state index contributed by atoms with van der Waals surface area (Å²) in [6.07, 6.45) is -5.00. The van der Waals surface area contributed by atoms with E-state index in [1.54, 1.807) is 12.1 Å². The maximum Gasteiger partial charge on any atom is 0.416 e. The van der Waals surface area contributed by atoms with Crippen molar-refractivity contribution in [1.82, 2.24) is 10.6 Å². The van der Waals surface area contributed by atoms with E-state index in [0.717, 1.165) is 6.07 Å². The molecule has 12 heteroatoms. The van der Waals surface area contributed by atoms with Gasteiger partial charge in [0.1, 0.15) is 18.4 Å². The molecule has 0 fully saturated rings. The maximum atomic E-state index is 14.1. The van der Waals surface area contributed by atoms with Crippen LogP contribution in [0.3, 0.4) is 0 Å². The number of nitrogens with zero attached hydrogens (tertiary/aromatic N) is 1. The summed E-state index contributed by atoms with van der Waals surface area (Å²) in [6.45, 7) is -0.498. The zero-order valence-electron chi connectivity index (χ0n) is 16.3. The van der Waals surface area contributed by atoms with Gasteiger partial charge >= 0.3 is 6.18 Å². The minimum absolute atomic E-state index is 0.0939. The summed E-state index contributed by atoms with van der Waals surface area (Å²) in [5, 5.41) is 12.9. The first-order valence-electron chi connectivity index (χ1n) is 9.00. The Morgan fingerprint density at radius 1 is 1.06 bits per heavy atom. The molecule has 2 N–H and O–H groups in total. The molecule has 2 rings (SSSR count). The predicted molar refractivity (Wildman–Crippen MR) is 105 cm³/mol. The van der Waals surface area contributed by atoms with Gasteiger partial charge in [-0.3, -0.25) is 9.59 Å². The Kier molecular flexibility index (Phi) is 7.93. The number of sulfone groups is 1. The SMILES string of the molecule is N#CCNC(=O)[C@H](CS(=O)(=O)Cc1c(F)cccc1C(F)(F)F)NC(=O)c1ccccc1. The van der Waals surface area contributed by atoms with E-state index in [9.17, 15) is 35.6 Å². The molecule has 0 saturated heterocycles. The third-order valence-corrected chi connectivity index (χ3v) is 5.78. The van der Waals surface area contributed by atoms with Crippen LogP contribution in [0.4, 0.5) is 17.6 Å². The lowest BCUT2D eigenvalue weighted by molar-refractivity contribution is -0.138. The highest BCUT2D eigenvalue weighted by Gasteiger charge is 2.36. The van der Waals surface area contributed by atoms with Crippen LogP contribution in [0, 0.1) is 17.1 Å². The summed E-state index contributed by atoms with van der Waals surface area (Å²) in [5.74, 6) is -5.70. The minimum Gasteiger partial charge on any atom is -0.341 e. The lowest BCUT2D eigenvalue weighted by Crippen LogP contribution is -2.50. The standard InChI is InChI=1S/C20H17F4N3O4S/c21-16-8-4-7-15(20(22,23)24)14(16)11-32(30,31)12-17(19(29)26-10-9-25)27-18(28)13-5-2-1-3-6-13/h1-8,17H,10-12H2,(H,26,29)(H,27,28)/t17-/m0/s1. The van der Waals surface area contributed by atoms with Gasteiger partial charge in [0.2, 0.25) is 5.91 Å². The number of amides is 2. The lowest BCUT2D eigenvalue weighted by atomic mass is 10.1. The molecule has 2 amide bonds. The van der Waals surface area contributed by atoms with Gasteiger partial charge in [0.05, 0.1) is 23.1 Å². The molecule has 0 radical (unpaired) electrons. The molecule has 0 bridgehead atoms. The van der Waals surface area contributed by atoms with Crippen LogP contribution in [0.15, 0.2) is 48.5 Å². The summed E-state index contributed by atoms with van der Waals surface area (Å²) in [7, 11) is -4.54. The topological polar surface area (TPSA) is 116 Å². The van der Waals surface area contributed by atoms with Crippen molar-refractivity contribution in [3.05, 3.63) is 71.0 Å². The van der Waals surface area contributed by atoms with Crippen LogP contribution in [0.2, 0.25) is 0 Å². The monoisotopic (exact) mass is 471 g/mol. The average Bonchev–Trinajstić information content (AvgIpc) is 2.72. The highest BCUT2D eigenvalue weighted by molar-refractivity contribution is 7.90. The number of alkyl halides is 3. The van der Waals surface area contributed by atoms with Crippen LogP contribution in [0.1, 0.15) is 21.5 Å². The molecule has 32 heavy (non-hydrogen) atoms. The van der Waals surface area contributed by atoms with Gasteiger partial charge in [-0.05, 0) is 24.3 Å². The van der Waals surface area contributed by atoms with Crippen LogP contribution in [-0.2, 0) is 26.6 Å². The quantitative estimate of drug-likeness (QED) is 0.452. The summed E-state index contributed by atoms with van der Waals surface area (Å²) < 4.78 is 78.8. The second-order valence-electron chi connectivity index (χ2n) is 6.59. The molecule has 0 aliphatic carbocycles. The Morgan fingerprint density at radius 3 is 2.31 bits per heavy atom. The second kappa shape index (κ2) is 10.2. The van der Waals surface area contributed by atoms with Crippen molar-refractivity contribution in [3.63, 3.8) is 0 Å². The number of hydrogen-bond donors (Lipinski definition) is 2. The van der Waals surface area contributed by atoms with Gasteiger partial charge in [0, 0.05) is 11.1 Å². The van der Waals surface area contributed by atoms with Gasteiger partial charge in [-0.1, -0.05) is 24.3 Å². The predicted octanol–water partition coefficient (Wildman–Crippen LogP) is 2.20. The minimum atomic E-state index is -5.00. The summed E-state index contributed by atoms with van der Waals surface area (Å²) in [4.78, 5) is 24.7. The van der Waals surface area contributed by atoms with E-state index < -0.39 is 68.9 Å². The number of hydrogen-bond acceptors (Lipinski definition) is 5. The third kappa shape index (κ3) is 6.78. The number of rotatable bonds is 8. The van der Waals surface area contributed by atoms with Crippen molar-refractivity contribution >= 4 is 21.7 Å². The van der Waals surface area contributed by atoms with Crippen LogP contribution < -0.4 is 10.6 Å². The van der Waals surface area contributed by atoms with Crippen LogP contribution in [0.5, 0.6) is 0 Å². The number of carbonyl (C=O) groups excluding carboxylic acids is 2. The van der Waals surface area contributed by atoms with Crippen LogP contribution in [-0.4, -0.2) is 38.6 Å². The van der Waals surface area contributed by atoms with E-state index in [4.69, 9.17) is 5.26 Å². The Balaban J connectivity index is 2.31. The molecule has 170 valence electrons. The van der Waals surface area contributed by atoms with Gasteiger partial charge in [0.15, 0.2) is 9.84 Å². The van der Waals surface area contributed by atoms with Crippen molar-refractivity contribution < 1.29 is 35.6 Å².